The number of imide groups is 1. The summed E-state index contributed by atoms with van der Waals surface area (Å²) in [5, 5.41) is 3.23. The van der Waals surface area contributed by atoms with Gasteiger partial charge in [-0.2, -0.15) is 0 Å². The summed E-state index contributed by atoms with van der Waals surface area (Å²) in [4.78, 5) is 49.5. The number of hydrogen-bond acceptors (Lipinski definition) is 5. The molecule has 1 aromatic rings. The summed E-state index contributed by atoms with van der Waals surface area (Å²) in [6.07, 6.45) is 4.72. The molecule has 0 bridgehead atoms. The molecule has 28 heavy (non-hydrogen) atoms. The number of amides is 3. The molecule has 2 atom stereocenters. The highest BCUT2D eigenvalue weighted by Crippen LogP contribution is 2.35. The van der Waals surface area contributed by atoms with Crippen molar-refractivity contribution in [1.29, 1.82) is 0 Å². The van der Waals surface area contributed by atoms with Crippen LogP contribution in [-0.4, -0.2) is 41.7 Å². The second-order valence-electron chi connectivity index (χ2n) is 6.60. The second-order valence-corrected chi connectivity index (χ2v) is 7.47. The lowest BCUT2D eigenvalue weighted by atomic mass is 9.85. The Hall–Kier alpha value is -2.38. The van der Waals surface area contributed by atoms with Crippen molar-refractivity contribution in [3.8, 4) is 0 Å². The van der Waals surface area contributed by atoms with E-state index in [1.54, 1.807) is 0 Å². The molecule has 3 rings (SSSR count). The largest absolute Gasteiger partial charge is 0.456 e. The lowest BCUT2D eigenvalue weighted by Gasteiger charge is -2.14. The van der Waals surface area contributed by atoms with E-state index >= 15 is 0 Å². The molecule has 3 amide bonds. The molecule has 1 fully saturated rings. The van der Waals surface area contributed by atoms with E-state index < -0.39 is 18.5 Å². The summed E-state index contributed by atoms with van der Waals surface area (Å²) in [6.45, 7) is -0.547. The number of carbonyl (C=O) groups is 4. The van der Waals surface area contributed by atoms with Gasteiger partial charge < -0.3 is 10.1 Å². The first kappa shape index (κ1) is 20.4. The summed E-state index contributed by atoms with van der Waals surface area (Å²) < 4.78 is 4.91. The highest BCUT2D eigenvalue weighted by molar-refractivity contribution is 6.35. The summed E-state index contributed by atoms with van der Waals surface area (Å²) in [5.74, 6) is -2.39. The molecule has 148 valence electrons. The number of rotatable bonds is 6. The van der Waals surface area contributed by atoms with Crippen molar-refractivity contribution in [2.75, 3.05) is 18.5 Å². The van der Waals surface area contributed by atoms with Crippen molar-refractivity contribution in [1.82, 2.24) is 4.90 Å². The molecule has 1 aromatic carbocycles. The fraction of sp³-hybridized carbons (Fsp3) is 0.368. The molecule has 0 saturated carbocycles. The third-order valence-corrected chi connectivity index (χ3v) is 5.09. The minimum Gasteiger partial charge on any atom is -0.456 e. The Kier molecular flexibility index (Phi) is 6.36. The van der Waals surface area contributed by atoms with Gasteiger partial charge in [-0.05, 0) is 31.0 Å². The van der Waals surface area contributed by atoms with Gasteiger partial charge in [-0.3, -0.25) is 24.1 Å². The van der Waals surface area contributed by atoms with Gasteiger partial charge in [0.25, 0.3) is 5.91 Å². The minimum absolute atomic E-state index is 0.0466. The maximum atomic E-state index is 12.3. The molecular formula is C19H18Cl2N2O5. The number of carbonyl (C=O) groups excluding carboxylic acids is 4. The summed E-state index contributed by atoms with van der Waals surface area (Å²) in [5.41, 5.74) is 0.378. The van der Waals surface area contributed by atoms with Crippen molar-refractivity contribution < 1.29 is 23.9 Å². The number of esters is 1. The Balaban J connectivity index is 1.44. The number of likely N-dealkylation sites (tertiary alicyclic amines) is 1. The number of halogens is 2. The molecule has 1 N–H and O–H groups in total. The Bertz CT molecular complexity index is 808. The van der Waals surface area contributed by atoms with Crippen LogP contribution in [0.5, 0.6) is 0 Å². The lowest BCUT2D eigenvalue weighted by Crippen LogP contribution is -2.33. The molecule has 1 saturated heterocycles. The number of anilines is 1. The van der Waals surface area contributed by atoms with Crippen molar-refractivity contribution >= 4 is 52.6 Å². The third kappa shape index (κ3) is 4.72. The fourth-order valence-corrected chi connectivity index (χ4v) is 3.86. The molecule has 0 spiro atoms. The number of nitrogens with one attached hydrogen (secondary N) is 1. The third-order valence-electron chi connectivity index (χ3n) is 4.65. The van der Waals surface area contributed by atoms with Gasteiger partial charge in [0.15, 0.2) is 6.61 Å². The van der Waals surface area contributed by atoms with Crippen molar-refractivity contribution in [2.45, 2.75) is 19.3 Å². The van der Waals surface area contributed by atoms with Crippen LogP contribution in [-0.2, 0) is 23.9 Å². The number of fused-ring (bicyclic) bond motifs is 1. The maximum Gasteiger partial charge on any atom is 0.308 e. The van der Waals surface area contributed by atoms with Gasteiger partial charge in [0.1, 0.15) is 0 Å². The number of allylic oxidation sites excluding steroid dienone is 2. The monoisotopic (exact) mass is 424 g/mol. The first-order chi connectivity index (χ1) is 13.3. The summed E-state index contributed by atoms with van der Waals surface area (Å²) in [6, 6.07) is 4.53. The van der Waals surface area contributed by atoms with Crippen molar-refractivity contribution in [3.63, 3.8) is 0 Å². The van der Waals surface area contributed by atoms with Gasteiger partial charge in [-0.15, -0.1) is 0 Å². The molecule has 7 nitrogen and oxygen atoms in total. The van der Waals surface area contributed by atoms with Gasteiger partial charge in [-0.1, -0.05) is 35.4 Å². The average Bonchev–Trinajstić information content (AvgIpc) is 2.88. The lowest BCUT2D eigenvalue weighted by molar-refractivity contribution is -0.148. The molecule has 0 radical (unpaired) electrons. The van der Waals surface area contributed by atoms with E-state index in [2.05, 4.69) is 5.32 Å². The Morgan fingerprint density at radius 3 is 2.18 bits per heavy atom. The molecule has 1 aliphatic heterocycles. The number of nitrogens with zero attached hydrogens (tertiary/aromatic N) is 1. The van der Waals surface area contributed by atoms with Gasteiger partial charge >= 0.3 is 5.97 Å². The van der Waals surface area contributed by atoms with E-state index in [1.807, 2.05) is 12.2 Å². The Morgan fingerprint density at radius 2 is 1.61 bits per heavy atom. The number of benzene rings is 1. The smallest absolute Gasteiger partial charge is 0.308 e. The van der Waals surface area contributed by atoms with E-state index in [9.17, 15) is 19.2 Å². The Morgan fingerprint density at radius 1 is 1.04 bits per heavy atom. The molecule has 1 aliphatic carbocycles. The minimum atomic E-state index is -0.673. The van der Waals surface area contributed by atoms with Crippen LogP contribution in [0.15, 0.2) is 30.4 Å². The average molecular weight is 425 g/mol. The predicted molar refractivity (Wildman–Crippen MR) is 103 cm³/mol. The highest BCUT2D eigenvalue weighted by atomic mass is 35.5. The van der Waals surface area contributed by atoms with E-state index in [0.29, 0.717) is 28.6 Å². The maximum absolute atomic E-state index is 12.3. The van der Waals surface area contributed by atoms with Crippen LogP contribution in [0.25, 0.3) is 0 Å². The fourth-order valence-electron chi connectivity index (χ4n) is 3.33. The van der Waals surface area contributed by atoms with Gasteiger partial charge in [0.05, 0.1) is 18.3 Å². The first-order valence-electron chi connectivity index (χ1n) is 8.77. The van der Waals surface area contributed by atoms with Gasteiger partial charge in [0.2, 0.25) is 11.8 Å². The normalized spacial score (nSPS) is 20.9. The van der Waals surface area contributed by atoms with Crippen LogP contribution in [0, 0.1) is 11.8 Å². The molecule has 9 heteroatoms. The molecule has 0 unspecified atom stereocenters. The van der Waals surface area contributed by atoms with Crippen LogP contribution in [0.2, 0.25) is 10.0 Å². The highest BCUT2D eigenvalue weighted by Gasteiger charge is 2.46. The van der Waals surface area contributed by atoms with E-state index in [1.165, 1.54) is 18.2 Å². The molecule has 2 aliphatic rings. The zero-order valence-electron chi connectivity index (χ0n) is 14.8. The van der Waals surface area contributed by atoms with Crippen LogP contribution in [0.1, 0.15) is 19.3 Å². The van der Waals surface area contributed by atoms with Crippen LogP contribution in [0.3, 0.4) is 0 Å². The van der Waals surface area contributed by atoms with Crippen molar-refractivity contribution in [2.24, 2.45) is 11.8 Å². The van der Waals surface area contributed by atoms with E-state index in [4.69, 9.17) is 27.9 Å². The Labute approximate surface area is 171 Å². The molecular weight excluding hydrogens is 407 g/mol. The number of ether oxygens (including phenoxy) is 1. The van der Waals surface area contributed by atoms with Gasteiger partial charge in [0, 0.05) is 22.3 Å². The zero-order chi connectivity index (χ0) is 20.3. The topological polar surface area (TPSA) is 92.8 Å². The first-order valence-corrected chi connectivity index (χ1v) is 9.52. The molecule has 1 heterocycles. The predicted octanol–water partition coefficient (Wildman–Crippen LogP) is 2.82. The van der Waals surface area contributed by atoms with E-state index in [-0.39, 0.29) is 36.6 Å². The van der Waals surface area contributed by atoms with Crippen LogP contribution in [0.4, 0.5) is 5.69 Å². The number of hydrogen-bond donors (Lipinski definition) is 1. The van der Waals surface area contributed by atoms with Crippen LogP contribution < -0.4 is 5.32 Å². The van der Waals surface area contributed by atoms with Crippen molar-refractivity contribution in [3.05, 3.63) is 40.4 Å². The van der Waals surface area contributed by atoms with Gasteiger partial charge in [-0.25, -0.2) is 0 Å². The quantitative estimate of drug-likeness (QED) is 0.430. The van der Waals surface area contributed by atoms with Crippen LogP contribution >= 0.6 is 23.2 Å². The zero-order valence-corrected chi connectivity index (χ0v) is 16.3. The summed E-state index contributed by atoms with van der Waals surface area (Å²) in [7, 11) is 0. The van der Waals surface area contributed by atoms with E-state index in [0.717, 1.165) is 4.90 Å². The molecule has 0 aromatic heterocycles. The summed E-state index contributed by atoms with van der Waals surface area (Å²) >= 11 is 11.7. The standard InChI is InChI=1S/C19H18Cl2N2O5/c20-11-7-12(21)9-13(8-11)22-16(24)10-28-17(25)5-6-23-18(26)14-3-1-2-4-15(14)19(23)27/h1-2,7-9,14-15H,3-6,10H2,(H,22,24)/t14-,15-/m0/s1. The SMILES string of the molecule is O=C(COC(=O)CCN1C(=O)[C@H]2CC=CC[C@@H]2C1=O)Nc1cc(Cl)cc(Cl)c1. The second kappa shape index (κ2) is 8.75.